The standard InChI is InChI=1S/C9H8N6/c1-2-12-8(11-1)7-4-13-9(15-7)6-3-10-5-14-6/h1-5H,(H,10,14)(H,11,12)(H,13,15). The quantitative estimate of drug-likeness (QED) is 0.580. The first-order valence-corrected chi connectivity index (χ1v) is 4.48. The first kappa shape index (κ1) is 7.98. The first-order chi connectivity index (χ1) is 7.43. The minimum absolute atomic E-state index is 0.725. The summed E-state index contributed by atoms with van der Waals surface area (Å²) in [5.41, 5.74) is 1.56. The number of nitrogens with zero attached hydrogens (tertiary/aromatic N) is 3. The van der Waals surface area contributed by atoms with Gasteiger partial charge in [-0.2, -0.15) is 0 Å². The Balaban J connectivity index is 2.02. The van der Waals surface area contributed by atoms with E-state index in [9.17, 15) is 0 Å². The summed E-state index contributed by atoms with van der Waals surface area (Å²) >= 11 is 0. The maximum Gasteiger partial charge on any atom is 0.158 e. The van der Waals surface area contributed by atoms with Gasteiger partial charge in [0.15, 0.2) is 11.6 Å². The lowest BCUT2D eigenvalue weighted by molar-refractivity contribution is 1.23. The van der Waals surface area contributed by atoms with E-state index in [2.05, 4.69) is 29.9 Å². The van der Waals surface area contributed by atoms with Crippen molar-refractivity contribution in [2.24, 2.45) is 0 Å². The summed E-state index contributed by atoms with van der Waals surface area (Å²) in [6, 6.07) is 0. The summed E-state index contributed by atoms with van der Waals surface area (Å²) in [7, 11) is 0. The van der Waals surface area contributed by atoms with E-state index >= 15 is 0 Å². The molecule has 0 saturated carbocycles. The molecule has 0 saturated heterocycles. The van der Waals surface area contributed by atoms with E-state index < -0.39 is 0 Å². The zero-order valence-electron chi connectivity index (χ0n) is 7.73. The molecule has 74 valence electrons. The number of imidazole rings is 3. The number of aromatic amines is 3. The van der Waals surface area contributed by atoms with Crippen LogP contribution in [0.15, 0.2) is 31.1 Å². The van der Waals surface area contributed by atoms with Crippen LogP contribution in [0.1, 0.15) is 0 Å². The molecular weight excluding hydrogens is 192 g/mol. The van der Waals surface area contributed by atoms with Gasteiger partial charge in [-0.1, -0.05) is 0 Å². The van der Waals surface area contributed by atoms with Crippen molar-refractivity contribution in [2.75, 3.05) is 0 Å². The van der Waals surface area contributed by atoms with Crippen molar-refractivity contribution in [3.8, 4) is 23.0 Å². The Kier molecular flexibility index (Phi) is 1.64. The molecular formula is C9H8N6. The monoisotopic (exact) mass is 200 g/mol. The maximum absolute atomic E-state index is 4.36. The van der Waals surface area contributed by atoms with E-state index in [-0.39, 0.29) is 0 Å². The molecule has 0 atom stereocenters. The van der Waals surface area contributed by atoms with Gasteiger partial charge in [-0.15, -0.1) is 0 Å². The summed E-state index contributed by atoms with van der Waals surface area (Å²) in [4.78, 5) is 21.5. The molecule has 0 aliphatic rings. The molecule has 0 amide bonds. The summed E-state index contributed by atoms with van der Waals surface area (Å²) < 4.78 is 0. The number of hydrogen-bond donors (Lipinski definition) is 3. The molecule has 6 heteroatoms. The smallest absolute Gasteiger partial charge is 0.158 e. The van der Waals surface area contributed by atoms with Crippen LogP contribution in [0.2, 0.25) is 0 Å². The van der Waals surface area contributed by atoms with Crippen molar-refractivity contribution >= 4 is 0 Å². The second-order valence-corrected chi connectivity index (χ2v) is 3.03. The van der Waals surface area contributed by atoms with Crippen LogP contribution in [0.5, 0.6) is 0 Å². The normalized spacial score (nSPS) is 10.7. The SMILES string of the molecule is c1c[nH]c(-c2c[nH]c(-c3c[nH]cn3)n2)n1. The maximum atomic E-state index is 4.36. The second kappa shape index (κ2) is 3.09. The third kappa shape index (κ3) is 1.32. The van der Waals surface area contributed by atoms with E-state index in [0.717, 1.165) is 23.0 Å². The van der Waals surface area contributed by atoms with Gasteiger partial charge in [-0.05, 0) is 0 Å². The van der Waals surface area contributed by atoms with Crippen LogP contribution in [-0.4, -0.2) is 29.9 Å². The predicted molar refractivity (Wildman–Crippen MR) is 53.8 cm³/mol. The van der Waals surface area contributed by atoms with E-state index in [1.54, 1.807) is 31.1 Å². The fourth-order valence-electron chi connectivity index (χ4n) is 1.37. The Morgan fingerprint density at radius 2 is 1.93 bits per heavy atom. The van der Waals surface area contributed by atoms with E-state index in [1.807, 2.05) is 0 Å². The minimum Gasteiger partial charge on any atom is -0.350 e. The van der Waals surface area contributed by atoms with Crippen molar-refractivity contribution in [2.45, 2.75) is 0 Å². The zero-order valence-corrected chi connectivity index (χ0v) is 7.73. The largest absolute Gasteiger partial charge is 0.350 e. The van der Waals surface area contributed by atoms with E-state index in [0.29, 0.717) is 0 Å². The van der Waals surface area contributed by atoms with Gasteiger partial charge < -0.3 is 15.0 Å². The molecule has 0 aromatic carbocycles. The highest BCUT2D eigenvalue weighted by Gasteiger charge is 2.07. The highest BCUT2D eigenvalue weighted by molar-refractivity contribution is 5.56. The number of rotatable bonds is 2. The number of hydrogen-bond acceptors (Lipinski definition) is 3. The van der Waals surface area contributed by atoms with Crippen LogP contribution in [0.4, 0.5) is 0 Å². The van der Waals surface area contributed by atoms with Gasteiger partial charge in [0.05, 0.1) is 6.33 Å². The van der Waals surface area contributed by atoms with Crippen LogP contribution in [0.3, 0.4) is 0 Å². The van der Waals surface area contributed by atoms with Crippen LogP contribution in [-0.2, 0) is 0 Å². The van der Waals surface area contributed by atoms with E-state index in [4.69, 9.17) is 0 Å². The van der Waals surface area contributed by atoms with Crippen molar-refractivity contribution in [1.29, 1.82) is 0 Å². The van der Waals surface area contributed by atoms with Crippen molar-refractivity contribution in [1.82, 2.24) is 29.9 Å². The Morgan fingerprint density at radius 1 is 0.933 bits per heavy atom. The predicted octanol–water partition coefficient (Wildman–Crippen LogP) is 1.19. The molecule has 6 nitrogen and oxygen atoms in total. The molecule has 3 N–H and O–H groups in total. The lowest BCUT2D eigenvalue weighted by atomic mass is 10.4. The number of nitrogens with one attached hydrogen (secondary N) is 3. The Bertz CT molecular complexity index is 484. The average Bonchev–Trinajstić information content (AvgIpc) is 3.02. The lowest BCUT2D eigenvalue weighted by Gasteiger charge is -1.87. The average molecular weight is 200 g/mol. The third-order valence-electron chi connectivity index (χ3n) is 2.06. The van der Waals surface area contributed by atoms with Crippen molar-refractivity contribution in [3.63, 3.8) is 0 Å². The first-order valence-electron chi connectivity index (χ1n) is 4.48. The summed E-state index contributed by atoms with van der Waals surface area (Å²) in [6.07, 6.45) is 8.65. The molecule has 3 rings (SSSR count). The van der Waals surface area contributed by atoms with E-state index in [1.165, 1.54) is 0 Å². The number of H-pyrrole nitrogens is 3. The summed E-state index contributed by atoms with van der Waals surface area (Å²) in [5.74, 6) is 1.47. The Morgan fingerprint density at radius 3 is 2.67 bits per heavy atom. The fourth-order valence-corrected chi connectivity index (χ4v) is 1.37. The molecule has 0 aliphatic heterocycles. The highest BCUT2D eigenvalue weighted by atomic mass is 15.0. The molecule has 0 aliphatic carbocycles. The lowest BCUT2D eigenvalue weighted by Crippen LogP contribution is -1.81. The molecule has 3 aromatic rings. The van der Waals surface area contributed by atoms with Crippen LogP contribution in [0, 0.1) is 0 Å². The molecule has 0 spiro atoms. The van der Waals surface area contributed by atoms with Gasteiger partial charge >= 0.3 is 0 Å². The molecule has 15 heavy (non-hydrogen) atoms. The van der Waals surface area contributed by atoms with Crippen LogP contribution >= 0.6 is 0 Å². The summed E-state index contributed by atoms with van der Waals surface area (Å²) in [5, 5.41) is 0. The zero-order chi connectivity index (χ0) is 10.1. The Hall–Kier alpha value is -2.37. The molecule has 0 bridgehead atoms. The minimum atomic E-state index is 0.725. The highest BCUT2D eigenvalue weighted by Crippen LogP contribution is 2.16. The van der Waals surface area contributed by atoms with Crippen LogP contribution < -0.4 is 0 Å². The molecule has 0 unspecified atom stereocenters. The number of aromatic nitrogens is 6. The van der Waals surface area contributed by atoms with Gasteiger partial charge in [0.1, 0.15) is 11.4 Å². The van der Waals surface area contributed by atoms with Crippen molar-refractivity contribution in [3.05, 3.63) is 31.1 Å². The summed E-state index contributed by atoms with van der Waals surface area (Å²) in [6.45, 7) is 0. The van der Waals surface area contributed by atoms with Crippen LogP contribution in [0.25, 0.3) is 23.0 Å². The molecule has 3 heterocycles. The molecule has 0 fully saturated rings. The Labute approximate surface area is 84.8 Å². The molecule has 0 radical (unpaired) electrons. The molecule has 3 aromatic heterocycles. The van der Waals surface area contributed by atoms with Gasteiger partial charge in [-0.25, -0.2) is 15.0 Å². The van der Waals surface area contributed by atoms with Gasteiger partial charge in [0.25, 0.3) is 0 Å². The fraction of sp³-hybridized carbons (Fsp3) is 0. The topological polar surface area (TPSA) is 86.0 Å². The van der Waals surface area contributed by atoms with Gasteiger partial charge in [0.2, 0.25) is 0 Å². The van der Waals surface area contributed by atoms with Crippen molar-refractivity contribution < 1.29 is 0 Å². The third-order valence-corrected chi connectivity index (χ3v) is 2.06. The van der Waals surface area contributed by atoms with Gasteiger partial charge in [0, 0.05) is 24.8 Å². The van der Waals surface area contributed by atoms with Gasteiger partial charge in [-0.3, -0.25) is 0 Å². The second-order valence-electron chi connectivity index (χ2n) is 3.03.